The monoisotopic (exact) mass is 419 g/mol. The molecule has 8 heteroatoms. The molecule has 0 amide bonds. The van der Waals surface area contributed by atoms with Crippen LogP contribution in [0, 0.1) is 0 Å². The molecule has 2 aromatic rings. The maximum atomic E-state index is 12.3. The number of alkyl halides is 3. The van der Waals surface area contributed by atoms with Crippen molar-refractivity contribution in [2.75, 3.05) is 38.1 Å². The van der Waals surface area contributed by atoms with Crippen LogP contribution in [-0.4, -0.2) is 55.7 Å². The Labute approximate surface area is 173 Å². The van der Waals surface area contributed by atoms with Crippen molar-refractivity contribution in [2.24, 2.45) is 0 Å². The maximum absolute atomic E-state index is 12.3. The third-order valence-electron chi connectivity index (χ3n) is 5.75. The predicted octanol–water partition coefficient (Wildman–Crippen LogP) is 3.59. The molecule has 0 spiro atoms. The summed E-state index contributed by atoms with van der Waals surface area (Å²) >= 11 is 0. The first-order valence-electron chi connectivity index (χ1n) is 9.93. The number of carbonyl (C=O) groups is 1. The number of halogens is 3. The van der Waals surface area contributed by atoms with Crippen LogP contribution < -0.4 is 9.64 Å². The number of ether oxygens (including phenoxy) is 1. The van der Waals surface area contributed by atoms with Crippen molar-refractivity contribution >= 4 is 12.0 Å². The molecule has 0 saturated carbocycles. The summed E-state index contributed by atoms with van der Waals surface area (Å²) in [6, 6.07) is 11.7. The largest absolute Gasteiger partial charge is 0.573 e. The Morgan fingerprint density at radius 2 is 1.77 bits per heavy atom. The Bertz CT molecular complexity index is 893. The Balaban J connectivity index is 1.46. The average molecular weight is 419 g/mol. The van der Waals surface area contributed by atoms with Crippen molar-refractivity contribution in [1.82, 2.24) is 9.80 Å². The summed E-state index contributed by atoms with van der Waals surface area (Å²) in [6.07, 6.45) is -3.77. The standard InChI is InChI=1S/C22H24F3N3O2/c1-26-8-10-27(11-9-26)18-4-7-20-17(12-18)14-28(21(20)15-29)13-16-2-5-19(6-3-16)30-22(23,24)25/h2-7,12,15,21H,8-11,13-14H2,1H3. The smallest absolute Gasteiger partial charge is 0.406 e. The molecule has 4 rings (SSSR count). The van der Waals surface area contributed by atoms with Crippen LogP contribution in [-0.2, 0) is 17.9 Å². The number of likely N-dealkylation sites (N-methyl/N-ethyl adjacent to an activating group) is 1. The summed E-state index contributed by atoms with van der Waals surface area (Å²) < 4.78 is 40.9. The Morgan fingerprint density at radius 3 is 2.40 bits per heavy atom. The van der Waals surface area contributed by atoms with Gasteiger partial charge in [-0.1, -0.05) is 18.2 Å². The van der Waals surface area contributed by atoms with E-state index in [0.717, 1.165) is 49.2 Å². The highest BCUT2D eigenvalue weighted by Crippen LogP contribution is 2.36. The van der Waals surface area contributed by atoms with Crippen LogP contribution in [0.2, 0.25) is 0 Å². The lowest BCUT2D eigenvalue weighted by Gasteiger charge is -2.34. The van der Waals surface area contributed by atoms with Crippen molar-refractivity contribution in [3.05, 3.63) is 59.2 Å². The molecule has 160 valence electrons. The molecular formula is C22H24F3N3O2. The minimum atomic E-state index is -4.71. The van der Waals surface area contributed by atoms with Gasteiger partial charge in [-0.2, -0.15) is 0 Å². The quantitative estimate of drug-likeness (QED) is 0.693. The second-order valence-electron chi connectivity index (χ2n) is 7.85. The first-order valence-corrected chi connectivity index (χ1v) is 9.93. The molecule has 0 radical (unpaired) electrons. The molecule has 0 aliphatic carbocycles. The number of nitrogens with zero attached hydrogens (tertiary/aromatic N) is 3. The lowest BCUT2D eigenvalue weighted by molar-refractivity contribution is -0.274. The molecule has 0 bridgehead atoms. The zero-order valence-electron chi connectivity index (χ0n) is 16.7. The van der Waals surface area contributed by atoms with Gasteiger partial charge in [0.05, 0.1) is 6.04 Å². The lowest BCUT2D eigenvalue weighted by Crippen LogP contribution is -2.44. The highest BCUT2D eigenvalue weighted by molar-refractivity contribution is 5.66. The van der Waals surface area contributed by atoms with E-state index < -0.39 is 6.36 Å². The number of fused-ring (bicyclic) bond motifs is 1. The van der Waals surface area contributed by atoms with Crippen molar-refractivity contribution in [1.29, 1.82) is 0 Å². The number of aldehydes is 1. The Hall–Kier alpha value is -2.58. The van der Waals surface area contributed by atoms with E-state index in [0.29, 0.717) is 13.1 Å². The molecule has 1 fully saturated rings. The number of hydrogen-bond donors (Lipinski definition) is 0. The van der Waals surface area contributed by atoms with E-state index in [2.05, 4.69) is 33.7 Å². The van der Waals surface area contributed by atoms with E-state index in [1.54, 1.807) is 12.1 Å². The zero-order valence-corrected chi connectivity index (χ0v) is 16.7. The summed E-state index contributed by atoms with van der Waals surface area (Å²) in [6.45, 7) is 5.09. The molecule has 2 aliphatic rings. The summed E-state index contributed by atoms with van der Waals surface area (Å²) in [4.78, 5) is 18.5. The van der Waals surface area contributed by atoms with Crippen LogP contribution >= 0.6 is 0 Å². The minimum absolute atomic E-state index is 0.250. The van der Waals surface area contributed by atoms with Gasteiger partial charge in [-0.15, -0.1) is 13.2 Å². The second kappa shape index (κ2) is 8.28. The molecule has 2 aromatic carbocycles. The molecule has 1 atom stereocenters. The molecule has 30 heavy (non-hydrogen) atoms. The zero-order chi connectivity index (χ0) is 21.3. The molecule has 0 aromatic heterocycles. The van der Waals surface area contributed by atoms with Gasteiger partial charge in [-0.3, -0.25) is 4.90 Å². The fourth-order valence-corrected chi connectivity index (χ4v) is 4.14. The van der Waals surface area contributed by atoms with Crippen LogP contribution in [0.5, 0.6) is 5.75 Å². The van der Waals surface area contributed by atoms with Crippen LogP contribution in [0.25, 0.3) is 0 Å². The van der Waals surface area contributed by atoms with Crippen molar-refractivity contribution in [3.8, 4) is 5.75 Å². The van der Waals surface area contributed by atoms with Gasteiger partial charge in [-0.05, 0) is 48.0 Å². The van der Waals surface area contributed by atoms with Crippen LogP contribution in [0.1, 0.15) is 22.7 Å². The molecular weight excluding hydrogens is 395 g/mol. The molecule has 2 heterocycles. The first-order chi connectivity index (χ1) is 14.3. The van der Waals surface area contributed by atoms with Crippen LogP contribution in [0.15, 0.2) is 42.5 Å². The van der Waals surface area contributed by atoms with Crippen LogP contribution in [0.4, 0.5) is 18.9 Å². The first kappa shape index (κ1) is 20.7. The summed E-state index contributed by atoms with van der Waals surface area (Å²) in [5.41, 5.74) is 4.12. The fourth-order valence-electron chi connectivity index (χ4n) is 4.14. The number of piperazine rings is 1. The molecule has 2 aliphatic heterocycles. The SMILES string of the molecule is CN1CCN(c2ccc3c(c2)CN(Cc2ccc(OC(F)(F)F)cc2)C3C=O)CC1. The molecule has 5 nitrogen and oxygen atoms in total. The topological polar surface area (TPSA) is 36.0 Å². The number of rotatable bonds is 5. The number of carbonyl (C=O) groups excluding carboxylic acids is 1. The van der Waals surface area contributed by atoms with E-state index in [-0.39, 0.29) is 11.8 Å². The van der Waals surface area contributed by atoms with E-state index in [9.17, 15) is 18.0 Å². The highest BCUT2D eigenvalue weighted by Gasteiger charge is 2.32. The third kappa shape index (κ3) is 4.60. The van der Waals surface area contributed by atoms with E-state index in [1.165, 1.54) is 17.8 Å². The van der Waals surface area contributed by atoms with Gasteiger partial charge in [-0.25, -0.2) is 0 Å². The van der Waals surface area contributed by atoms with Gasteiger partial charge in [0.25, 0.3) is 0 Å². The van der Waals surface area contributed by atoms with Gasteiger partial charge in [0.2, 0.25) is 0 Å². The van der Waals surface area contributed by atoms with E-state index in [1.807, 2.05) is 11.0 Å². The Kier molecular flexibility index (Phi) is 5.71. The van der Waals surface area contributed by atoms with Gasteiger partial charge in [0.15, 0.2) is 0 Å². The number of anilines is 1. The predicted molar refractivity (Wildman–Crippen MR) is 107 cm³/mol. The maximum Gasteiger partial charge on any atom is 0.573 e. The highest BCUT2D eigenvalue weighted by atomic mass is 19.4. The molecule has 1 saturated heterocycles. The molecule has 0 N–H and O–H groups in total. The van der Waals surface area contributed by atoms with Gasteiger partial charge >= 0.3 is 6.36 Å². The van der Waals surface area contributed by atoms with Crippen LogP contribution in [0.3, 0.4) is 0 Å². The van der Waals surface area contributed by atoms with Crippen molar-refractivity contribution in [3.63, 3.8) is 0 Å². The average Bonchev–Trinajstić information content (AvgIpc) is 3.05. The Morgan fingerprint density at radius 1 is 1.07 bits per heavy atom. The third-order valence-corrected chi connectivity index (χ3v) is 5.75. The van der Waals surface area contributed by atoms with E-state index in [4.69, 9.17) is 0 Å². The van der Waals surface area contributed by atoms with Gasteiger partial charge < -0.3 is 19.3 Å². The van der Waals surface area contributed by atoms with E-state index >= 15 is 0 Å². The van der Waals surface area contributed by atoms with Gasteiger partial charge in [0.1, 0.15) is 12.0 Å². The van der Waals surface area contributed by atoms with Crippen molar-refractivity contribution < 1.29 is 22.7 Å². The molecule has 1 unspecified atom stereocenters. The van der Waals surface area contributed by atoms with Gasteiger partial charge in [0, 0.05) is 45.0 Å². The van der Waals surface area contributed by atoms with Crippen molar-refractivity contribution in [2.45, 2.75) is 25.5 Å². The number of hydrogen-bond acceptors (Lipinski definition) is 5. The number of benzene rings is 2. The summed E-state index contributed by atoms with van der Waals surface area (Å²) in [7, 11) is 2.12. The fraction of sp³-hybridized carbons (Fsp3) is 0.409. The second-order valence-corrected chi connectivity index (χ2v) is 7.85. The summed E-state index contributed by atoms with van der Waals surface area (Å²) in [5.74, 6) is -0.250. The minimum Gasteiger partial charge on any atom is -0.406 e. The normalized spacial score (nSPS) is 20.3. The lowest BCUT2D eigenvalue weighted by atomic mass is 10.0. The summed E-state index contributed by atoms with van der Waals surface area (Å²) in [5, 5.41) is 0.